The van der Waals surface area contributed by atoms with Gasteiger partial charge in [-0.3, -0.25) is 15.1 Å². The molecule has 2 atom stereocenters. The Kier molecular flexibility index (Phi) is 6.39. The Morgan fingerprint density at radius 2 is 1.86 bits per heavy atom. The average Bonchev–Trinajstić information content (AvgIpc) is 3.38. The molecule has 1 aliphatic heterocycles. The van der Waals surface area contributed by atoms with Crippen molar-refractivity contribution in [3.8, 4) is 11.4 Å². The second-order valence-electron chi connectivity index (χ2n) is 9.11. The number of pyridine rings is 1. The second kappa shape index (κ2) is 9.67. The van der Waals surface area contributed by atoms with Crippen molar-refractivity contribution in [2.45, 2.75) is 32.9 Å². The zero-order chi connectivity index (χ0) is 26.3. The van der Waals surface area contributed by atoms with Crippen molar-refractivity contribution in [2.24, 2.45) is 0 Å². The predicted molar refractivity (Wildman–Crippen MR) is 148 cm³/mol. The molecule has 0 bridgehead atoms. The number of hydrogen-bond acceptors (Lipinski definition) is 5. The number of non-ortho nitro benzene ring substituents is 1. The fourth-order valence-corrected chi connectivity index (χ4v) is 5.50. The van der Waals surface area contributed by atoms with Crippen LogP contribution in [0.1, 0.15) is 40.3 Å². The number of nitro groups is 1. The topological polar surface area (TPSA) is 85.5 Å². The van der Waals surface area contributed by atoms with E-state index < -0.39 is 4.92 Å². The Balaban J connectivity index is 1.71. The normalized spacial score (nSPS) is 17.1. The number of benzene rings is 2. The molecule has 5 rings (SSSR count). The van der Waals surface area contributed by atoms with Crippen LogP contribution in [0.4, 0.5) is 11.4 Å². The van der Waals surface area contributed by atoms with Crippen LogP contribution in [0.15, 0.2) is 72.9 Å². The highest BCUT2D eigenvalue weighted by Crippen LogP contribution is 2.44. The van der Waals surface area contributed by atoms with E-state index in [2.05, 4.69) is 46.4 Å². The van der Waals surface area contributed by atoms with Gasteiger partial charge in [-0.1, -0.05) is 18.2 Å². The second-order valence-corrected chi connectivity index (χ2v) is 9.50. The van der Waals surface area contributed by atoms with Crippen molar-refractivity contribution in [3.05, 3.63) is 111 Å². The fraction of sp³-hybridized carbons (Fsp3) is 0.214. The molecule has 9 heteroatoms. The van der Waals surface area contributed by atoms with Crippen LogP contribution in [-0.4, -0.2) is 26.7 Å². The lowest BCUT2D eigenvalue weighted by molar-refractivity contribution is -0.384. The minimum absolute atomic E-state index is 0.00121. The summed E-state index contributed by atoms with van der Waals surface area (Å²) in [4.78, 5) is 17.9. The first-order chi connectivity index (χ1) is 17.8. The molecule has 0 radical (unpaired) electrons. The molecule has 0 spiro atoms. The van der Waals surface area contributed by atoms with Gasteiger partial charge in [-0.05, 0) is 80.5 Å². The van der Waals surface area contributed by atoms with E-state index in [-0.39, 0.29) is 17.8 Å². The van der Waals surface area contributed by atoms with Gasteiger partial charge in [-0.25, -0.2) is 0 Å². The highest BCUT2D eigenvalue weighted by molar-refractivity contribution is 7.80. The summed E-state index contributed by atoms with van der Waals surface area (Å²) >= 11 is 5.87. The van der Waals surface area contributed by atoms with E-state index in [0.717, 1.165) is 33.9 Å². The van der Waals surface area contributed by atoms with Crippen LogP contribution in [0.25, 0.3) is 5.69 Å². The van der Waals surface area contributed by atoms with Gasteiger partial charge < -0.3 is 19.5 Å². The van der Waals surface area contributed by atoms with Gasteiger partial charge in [0.25, 0.3) is 5.69 Å². The van der Waals surface area contributed by atoms with Gasteiger partial charge in [-0.15, -0.1) is 0 Å². The van der Waals surface area contributed by atoms with Crippen LogP contribution in [0, 0.1) is 30.9 Å². The number of ether oxygens (including phenoxy) is 1. The standard InChI is InChI=1S/C28H27N5O3S/c1-17-8-7-9-20(14-17)32-27(26(30-28(32)37)23-10-5-6-13-29-23)22-15-18(2)31(19(22)3)24-16-21(33(34)35)11-12-25(24)36-4/h5-16,26-27H,1-4H3,(H,30,37)/t26-,27-/m1/s1. The summed E-state index contributed by atoms with van der Waals surface area (Å²) in [7, 11) is 1.57. The number of rotatable bonds is 6. The Bertz CT molecular complexity index is 1500. The van der Waals surface area contributed by atoms with Gasteiger partial charge in [0.15, 0.2) is 5.11 Å². The molecule has 2 aromatic carbocycles. The Morgan fingerprint density at radius 3 is 2.54 bits per heavy atom. The maximum Gasteiger partial charge on any atom is 0.271 e. The van der Waals surface area contributed by atoms with E-state index in [1.165, 1.54) is 6.07 Å². The van der Waals surface area contributed by atoms with Crippen molar-refractivity contribution in [3.63, 3.8) is 0 Å². The third-order valence-electron chi connectivity index (χ3n) is 6.78. The number of aryl methyl sites for hydroxylation is 2. The predicted octanol–water partition coefficient (Wildman–Crippen LogP) is 5.89. The zero-order valence-corrected chi connectivity index (χ0v) is 21.8. The monoisotopic (exact) mass is 513 g/mol. The first-order valence-electron chi connectivity index (χ1n) is 11.9. The van der Waals surface area contributed by atoms with Gasteiger partial charge in [0.2, 0.25) is 0 Å². The molecule has 2 aromatic heterocycles. The minimum atomic E-state index is -0.395. The Hall–Kier alpha value is -4.24. The van der Waals surface area contributed by atoms with Crippen molar-refractivity contribution in [1.29, 1.82) is 0 Å². The maximum atomic E-state index is 11.6. The highest BCUT2D eigenvalue weighted by atomic mass is 32.1. The van der Waals surface area contributed by atoms with Gasteiger partial charge >= 0.3 is 0 Å². The number of hydrogen-bond donors (Lipinski definition) is 1. The van der Waals surface area contributed by atoms with Gasteiger partial charge in [0.05, 0.1) is 35.5 Å². The number of aromatic nitrogens is 2. The maximum absolute atomic E-state index is 11.6. The molecule has 188 valence electrons. The van der Waals surface area contributed by atoms with Crippen LogP contribution in [0.3, 0.4) is 0 Å². The molecule has 1 fully saturated rings. The molecule has 4 aromatic rings. The molecule has 37 heavy (non-hydrogen) atoms. The van der Waals surface area contributed by atoms with E-state index in [9.17, 15) is 10.1 Å². The summed E-state index contributed by atoms with van der Waals surface area (Å²) in [5, 5.41) is 15.7. The largest absolute Gasteiger partial charge is 0.495 e. The average molecular weight is 514 g/mol. The summed E-state index contributed by atoms with van der Waals surface area (Å²) in [5.74, 6) is 0.552. The van der Waals surface area contributed by atoms with E-state index in [1.807, 2.05) is 42.7 Å². The Morgan fingerprint density at radius 1 is 1.05 bits per heavy atom. The summed E-state index contributed by atoms with van der Waals surface area (Å²) < 4.78 is 7.60. The lowest BCUT2D eigenvalue weighted by Crippen LogP contribution is -2.29. The SMILES string of the molecule is COc1ccc([N+](=O)[O-])cc1-n1c(C)cc([C@@H]2[C@@H](c3ccccn3)NC(=S)N2c2cccc(C)c2)c1C. The third kappa shape index (κ3) is 4.31. The Labute approximate surface area is 220 Å². The van der Waals surface area contributed by atoms with Gasteiger partial charge in [-0.2, -0.15) is 0 Å². The van der Waals surface area contributed by atoms with E-state index in [4.69, 9.17) is 17.0 Å². The van der Waals surface area contributed by atoms with Crippen molar-refractivity contribution >= 4 is 28.7 Å². The van der Waals surface area contributed by atoms with Crippen LogP contribution < -0.4 is 15.0 Å². The molecular weight excluding hydrogens is 486 g/mol. The number of nitrogens with zero attached hydrogens (tertiary/aromatic N) is 4. The summed E-state index contributed by atoms with van der Waals surface area (Å²) in [6, 6.07) is 20.5. The van der Waals surface area contributed by atoms with Crippen LogP contribution in [-0.2, 0) is 0 Å². The van der Waals surface area contributed by atoms with E-state index >= 15 is 0 Å². The molecule has 1 saturated heterocycles. The summed E-state index contributed by atoms with van der Waals surface area (Å²) in [6.07, 6.45) is 1.78. The molecular formula is C28H27N5O3S. The molecule has 0 unspecified atom stereocenters. The lowest BCUT2D eigenvalue weighted by atomic mass is 9.96. The van der Waals surface area contributed by atoms with E-state index in [0.29, 0.717) is 16.5 Å². The number of nitrogens with one attached hydrogen (secondary N) is 1. The molecule has 0 aliphatic carbocycles. The van der Waals surface area contributed by atoms with Crippen molar-refractivity contribution in [1.82, 2.24) is 14.9 Å². The van der Waals surface area contributed by atoms with Crippen LogP contribution >= 0.6 is 12.2 Å². The quantitative estimate of drug-likeness (QED) is 0.195. The first kappa shape index (κ1) is 24.5. The molecule has 1 aliphatic rings. The van der Waals surface area contributed by atoms with Gasteiger partial charge in [0.1, 0.15) is 5.75 Å². The number of thiocarbonyl (C=S) groups is 1. The number of nitro benzene ring substituents is 1. The molecule has 8 nitrogen and oxygen atoms in total. The lowest BCUT2D eigenvalue weighted by Gasteiger charge is -2.28. The van der Waals surface area contributed by atoms with Crippen molar-refractivity contribution in [2.75, 3.05) is 12.0 Å². The fourth-order valence-electron chi connectivity index (χ4n) is 5.15. The van der Waals surface area contributed by atoms with Crippen molar-refractivity contribution < 1.29 is 9.66 Å². The number of anilines is 1. The molecule has 0 saturated carbocycles. The molecule has 1 N–H and O–H groups in total. The first-order valence-corrected chi connectivity index (χ1v) is 12.3. The van der Waals surface area contributed by atoms with Crippen LogP contribution in [0.2, 0.25) is 0 Å². The summed E-state index contributed by atoms with van der Waals surface area (Å²) in [6.45, 7) is 6.07. The third-order valence-corrected chi connectivity index (χ3v) is 7.10. The molecule has 0 amide bonds. The zero-order valence-electron chi connectivity index (χ0n) is 21.0. The summed E-state index contributed by atoms with van der Waals surface area (Å²) in [5.41, 5.74) is 6.51. The highest BCUT2D eigenvalue weighted by Gasteiger charge is 2.42. The molecule has 3 heterocycles. The van der Waals surface area contributed by atoms with Gasteiger partial charge in [0, 0.05) is 35.4 Å². The number of methoxy groups -OCH3 is 1. The van der Waals surface area contributed by atoms with Crippen LogP contribution in [0.5, 0.6) is 5.75 Å². The van der Waals surface area contributed by atoms with E-state index in [1.54, 1.807) is 25.4 Å². The smallest absolute Gasteiger partial charge is 0.271 e. The minimum Gasteiger partial charge on any atom is -0.495 e.